The Balaban J connectivity index is 0. The van der Waals surface area contributed by atoms with Gasteiger partial charge in [-0.2, -0.15) is 0 Å². The highest BCUT2D eigenvalue weighted by atomic mass is 16.7. The van der Waals surface area contributed by atoms with E-state index in [1.54, 1.807) is 13.8 Å². The van der Waals surface area contributed by atoms with E-state index < -0.39 is 6.16 Å². The molecule has 0 fully saturated rings. The molecular formula is C6H14O4. The Morgan fingerprint density at radius 2 is 1.50 bits per heavy atom. The number of ether oxygens (including phenoxy) is 2. The van der Waals surface area contributed by atoms with Crippen LogP contribution in [0, 0.1) is 0 Å². The summed E-state index contributed by atoms with van der Waals surface area (Å²) in [5, 5.41) is 8.06. The maximum atomic E-state index is 9.74. The highest BCUT2D eigenvalue weighted by molar-refractivity contribution is 5.59. The van der Waals surface area contributed by atoms with Gasteiger partial charge in [0.05, 0.1) is 14.2 Å². The average Bonchev–Trinajstić information content (AvgIpc) is 1.85. The number of hydrogen-bond acceptors (Lipinski definition) is 4. The van der Waals surface area contributed by atoms with Crippen molar-refractivity contribution in [2.75, 3.05) is 14.2 Å². The molecule has 0 aromatic heterocycles. The zero-order chi connectivity index (χ0) is 8.57. The summed E-state index contributed by atoms with van der Waals surface area (Å²) >= 11 is 0. The molecule has 0 aromatic rings. The minimum Gasteiger partial charge on any atom is -0.438 e. The number of methoxy groups -OCH3 is 2. The van der Waals surface area contributed by atoms with Gasteiger partial charge in [0, 0.05) is 6.10 Å². The van der Waals surface area contributed by atoms with Gasteiger partial charge in [0.2, 0.25) is 0 Å². The van der Waals surface area contributed by atoms with E-state index in [1.807, 2.05) is 0 Å². The van der Waals surface area contributed by atoms with Crippen molar-refractivity contribution in [2.45, 2.75) is 20.0 Å². The Morgan fingerprint density at radius 1 is 1.30 bits per heavy atom. The average molecular weight is 150 g/mol. The topological polar surface area (TPSA) is 55.8 Å². The minimum absolute atomic E-state index is 0.167. The van der Waals surface area contributed by atoms with Crippen molar-refractivity contribution in [1.29, 1.82) is 0 Å². The Labute approximate surface area is 60.8 Å². The van der Waals surface area contributed by atoms with E-state index in [1.165, 1.54) is 14.2 Å². The van der Waals surface area contributed by atoms with Gasteiger partial charge in [-0.1, -0.05) is 0 Å². The van der Waals surface area contributed by atoms with Gasteiger partial charge >= 0.3 is 6.16 Å². The van der Waals surface area contributed by atoms with Crippen LogP contribution >= 0.6 is 0 Å². The third kappa shape index (κ3) is 26.9. The molecule has 0 atom stereocenters. The largest absolute Gasteiger partial charge is 0.507 e. The third-order valence-corrected chi connectivity index (χ3v) is 0.333. The molecule has 0 aliphatic rings. The van der Waals surface area contributed by atoms with Gasteiger partial charge in [-0.15, -0.1) is 0 Å². The second-order valence-corrected chi connectivity index (χ2v) is 1.75. The zero-order valence-corrected chi connectivity index (χ0v) is 6.75. The lowest BCUT2D eigenvalue weighted by molar-refractivity contribution is 0.0924. The number of carbonyl (C=O) groups is 1. The fourth-order valence-corrected chi connectivity index (χ4v) is 0.0833. The van der Waals surface area contributed by atoms with Crippen molar-refractivity contribution >= 4 is 6.16 Å². The molecular weight excluding hydrogens is 136 g/mol. The van der Waals surface area contributed by atoms with E-state index in [4.69, 9.17) is 5.11 Å². The smallest absolute Gasteiger partial charge is 0.438 e. The third-order valence-electron chi connectivity index (χ3n) is 0.333. The van der Waals surface area contributed by atoms with Crippen molar-refractivity contribution in [2.24, 2.45) is 0 Å². The second-order valence-electron chi connectivity index (χ2n) is 1.75. The summed E-state index contributed by atoms with van der Waals surface area (Å²) in [5.41, 5.74) is 0. The van der Waals surface area contributed by atoms with E-state index >= 15 is 0 Å². The number of hydrogen-bond donors (Lipinski definition) is 1. The van der Waals surface area contributed by atoms with Crippen molar-refractivity contribution in [1.82, 2.24) is 0 Å². The van der Waals surface area contributed by atoms with E-state index in [9.17, 15) is 4.79 Å². The standard InChI is InChI=1S/C3H6O3.C3H8O/c1-5-3(4)6-2;1-3(2)4/h1-2H3;3-4H,1-2H3. The predicted octanol–water partition coefficient (Wildman–Crippen LogP) is 0.786. The first-order valence-corrected chi connectivity index (χ1v) is 2.84. The second kappa shape index (κ2) is 8.23. The maximum Gasteiger partial charge on any atom is 0.507 e. The highest BCUT2D eigenvalue weighted by Crippen LogP contribution is 1.72. The predicted molar refractivity (Wildman–Crippen MR) is 36.8 cm³/mol. The Bertz CT molecular complexity index is 71.1. The fraction of sp³-hybridized carbons (Fsp3) is 0.833. The molecule has 10 heavy (non-hydrogen) atoms. The molecule has 0 unspecified atom stereocenters. The van der Waals surface area contributed by atoms with Crippen LogP contribution in [0.5, 0.6) is 0 Å². The highest BCUT2D eigenvalue weighted by Gasteiger charge is 1.88. The van der Waals surface area contributed by atoms with Crippen LogP contribution in [0.3, 0.4) is 0 Å². The molecule has 62 valence electrons. The van der Waals surface area contributed by atoms with Crippen LogP contribution in [0.2, 0.25) is 0 Å². The van der Waals surface area contributed by atoms with Crippen molar-refractivity contribution in [3.63, 3.8) is 0 Å². The first kappa shape index (κ1) is 12.0. The van der Waals surface area contributed by atoms with Crippen LogP contribution in [0.15, 0.2) is 0 Å². The molecule has 0 aromatic carbocycles. The molecule has 4 heteroatoms. The van der Waals surface area contributed by atoms with Gasteiger partial charge in [0.1, 0.15) is 0 Å². The normalized spacial score (nSPS) is 7.80. The Hall–Kier alpha value is -0.770. The lowest BCUT2D eigenvalue weighted by Crippen LogP contribution is -1.97. The van der Waals surface area contributed by atoms with Crippen LogP contribution in [-0.2, 0) is 9.47 Å². The SMILES string of the molecule is CC(C)O.COC(=O)OC. The van der Waals surface area contributed by atoms with Crippen LogP contribution in [0.4, 0.5) is 4.79 Å². The molecule has 0 saturated heterocycles. The van der Waals surface area contributed by atoms with Crippen LogP contribution in [0.25, 0.3) is 0 Å². The molecule has 0 spiro atoms. The molecule has 0 saturated carbocycles. The summed E-state index contributed by atoms with van der Waals surface area (Å²) in [6, 6.07) is 0. The van der Waals surface area contributed by atoms with Crippen LogP contribution in [0.1, 0.15) is 13.8 Å². The summed E-state index contributed by atoms with van der Waals surface area (Å²) in [6.07, 6.45) is -0.824. The summed E-state index contributed by atoms with van der Waals surface area (Å²) in [4.78, 5) is 9.74. The lowest BCUT2D eigenvalue weighted by atomic mass is 10.5. The molecule has 0 aliphatic heterocycles. The maximum absolute atomic E-state index is 9.74. The molecule has 0 rings (SSSR count). The molecule has 0 radical (unpaired) electrons. The van der Waals surface area contributed by atoms with Crippen molar-refractivity contribution < 1.29 is 19.4 Å². The van der Waals surface area contributed by atoms with Gasteiger partial charge < -0.3 is 14.6 Å². The Kier molecular flexibility index (Phi) is 9.84. The molecule has 1 N–H and O–H groups in total. The summed E-state index contributed by atoms with van der Waals surface area (Å²) in [6.45, 7) is 3.44. The quantitative estimate of drug-likeness (QED) is 0.518. The van der Waals surface area contributed by atoms with Gasteiger partial charge in [-0.3, -0.25) is 0 Å². The van der Waals surface area contributed by atoms with Gasteiger partial charge in [0.25, 0.3) is 0 Å². The van der Waals surface area contributed by atoms with E-state index in [0.29, 0.717) is 0 Å². The summed E-state index contributed by atoms with van der Waals surface area (Å²) in [5.74, 6) is 0. The van der Waals surface area contributed by atoms with Crippen molar-refractivity contribution in [3.8, 4) is 0 Å². The molecule has 0 bridgehead atoms. The van der Waals surface area contributed by atoms with E-state index in [-0.39, 0.29) is 6.10 Å². The monoisotopic (exact) mass is 150 g/mol. The van der Waals surface area contributed by atoms with Gasteiger partial charge in [0.15, 0.2) is 0 Å². The van der Waals surface area contributed by atoms with Crippen molar-refractivity contribution in [3.05, 3.63) is 0 Å². The minimum atomic E-state index is -0.657. The summed E-state index contributed by atoms with van der Waals surface area (Å²) < 4.78 is 8.08. The van der Waals surface area contributed by atoms with E-state index in [2.05, 4.69) is 9.47 Å². The Morgan fingerprint density at radius 3 is 1.50 bits per heavy atom. The number of rotatable bonds is 0. The first-order chi connectivity index (χ1) is 4.54. The number of carbonyl (C=O) groups excluding carboxylic acids is 1. The van der Waals surface area contributed by atoms with E-state index in [0.717, 1.165) is 0 Å². The zero-order valence-electron chi connectivity index (χ0n) is 6.75. The molecule has 0 aliphatic carbocycles. The first-order valence-electron chi connectivity index (χ1n) is 2.84. The number of aliphatic hydroxyl groups is 1. The molecule has 4 nitrogen and oxygen atoms in total. The number of aliphatic hydroxyl groups excluding tert-OH is 1. The molecule has 0 amide bonds. The van der Waals surface area contributed by atoms with Crippen LogP contribution in [-0.4, -0.2) is 31.6 Å². The van der Waals surface area contributed by atoms with Gasteiger partial charge in [-0.05, 0) is 13.8 Å². The lowest BCUT2D eigenvalue weighted by Gasteiger charge is -1.89. The fourth-order valence-electron chi connectivity index (χ4n) is 0.0833. The van der Waals surface area contributed by atoms with Crippen LogP contribution < -0.4 is 0 Å². The van der Waals surface area contributed by atoms with Gasteiger partial charge in [-0.25, -0.2) is 4.79 Å². The summed E-state index contributed by atoms with van der Waals surface area (Å²) in [7, 11) is 2.51. The molecule has 0 heterocycles.